The van der Waals surface area contributed by atoms with Gasteiger partial charge in [-0.2, -0.15) is 5.10 Å². The number of fused-ring (bicyclic) bond motifs is 1. The summed E-state index contributed by atoms with van der Waals surface area (Å²) >= 11 is 0. The number of nitrogens with two attached hydrogens (primary N) is 1. The smallest absolute Gasteiger partial charge is 0.203 e. The third kappa shape index (κ3) is 3.87. The number of amidine groups is 1. The zero-order valence-electron chi connectivity index (χ0n) is 19.3. The van der Waals surface area contributed by atoms with E-state index in [2.05, 4.69) is 17.1 Å². The van der Waals surface area contributed by atoms with Crippen molar-refractivity contribution in [2.75, 3.05) is 13.8 Å². The van der Waals surface area contributed by atoms with Crippen LogP contribution < -0.4 is 10.5 Å². The van der Waals surface area contributed by atoms with Crippen molar-refractivity contribution in [1.29, 1.82) is 0 Å². The predicted octanol–water partition coefficient (Wildman–Crippen LogP) is 4.13. The minimum absolute atomic E-state index is 0.367. The van der Waals surface area contributed by atoms with E-state index in [0.717, 1.165) is 45.1 Å². The van der Waals surface area contributed by atoms with Gasteiger partial charge in [0, 0.05) is 5.56 Å². The molecular formula is C26H25FN6O. The van der Waals surface area contributed by atoms with Gasteiger partial charge in [0.15, 0.2) is 5.84 Å². The number of hydrogen-bond donors (Lipinski definition) is 1. The van der Waals surface area contributed by atoms with E-state index in [4.69, 9.17) is 20.6 Å². The lowest BCUT2D eigenvalue weighted by Gasteiger charge is -2.27. The summed E-state index contributed by atoms with van der Waals surface area (Å²) in [4.78, 5) is 10.9. The molecule has 3 aromatic rings. The van der Waals surface area contributed by atoms with Gasteiger partial charge in [0.25, 0.3) is 0 Å². The number of rotatable bonds is 5. The fraction of sp³-hybridized carbons (Fsp3) is 0.192. The molecule has 0 saturated heterocycles. The topological polar surface area (TPSA) is 79.3 Å². The molecule has 2 aliphatic rings. The number of guanidine groups is 1. The van der Waals surface area contributed by atoms with E-state index in [1.54, 1.807) is 13.2 Å². The van der Waals surface area contributed by atoms with Gasteiger partial charge in [0.1, 0.15) is 18.2 Å². The molecule has 0 spiro atoms. The Balaban J connectivity index is 1.65. The average molecular weight is 457 g/mol. The summed E-state index contributed by atoms with van der Waals surface area (Å²) in [5.74, 6) is 1.59. The molecule has 1 aromatic heterocycles. The summed E-state index contributed by atoms with van der Waals surface area (Å²) in [6.45, 7) is 4.89. The van der Waals surface area contributed by atoms with Crippen molar-refractivity contribution in [1.82, 2.24) is 14.9 Å². The maximum atomic E-state index is 13.3. The Morgan fingerprint density at radius 1 is 1.03 bits per heavy atom. The fourth-order valence-electron chi connectivity index (χ4n) is 4.41. The summed E-state index contributed by atoms with van der Waals surface area (Å²) in [6, 6.07) is 17.2. The summed E-state index contributed by atoms with van der Waals surface area (Å²) in [5.41, 5.74) is 12.8. The van der Waals surface area contributed by atoms with E-state index in [1.807, 2.05) is 54.1 Å². The molecular weight excluding hydrogens is 431 g/mol. The quantitative estimate of drug-likeness (QED) is 0.625. The first-order chi connectivity index (χ1) is 16.4. The minimum atomic E-state index is -0.367. The van der Waals surface area contributed by atoms with Crippen molar-refractivity contribution in [2.24, 2.45) is 15.8 Å². The zero-order valence-corrected chi connectivity index (χ0v) is 19.3. The summed E-state index contributed by atoms with van der Waals surface area (Å²) in [7, 11) is 1.68. The number of aryl methyl sites for hydroxylation is 2. The lowest BCUT2D eigenvalue weighted by atomic mass is 9.94. The van der Waals surface area contributed by atoms with Crippen LogP contribution in [0.25, 0.3) is 11.3 Å². The molecule has 2 aromatic carbocycles. The summed E-state index contributed by atoms with van der Waals surface area (Å²) in [5, 5.41) is 6.76. The summed E-state index contributed by atoms with van der Waals surface area (Å²) in [6.07, 6.45) is 1.21. The molecule has 2 N–H and O–H groups in total. The van der Waals surface area contributed by atoms with Gasteiger partial charge in [-0.15, -0.1) is 0 Å². The highest BCUT2D eigenvalue weighted by Gasteiger charge is 2.35. The Hall–Kier alpha value is -4.20. The molecule has 34 heavy (non-hydrogen) atoms. The van der Waals surface area contributed by atoms with Gasteiger partial charge in [-0.1, -0.05) is 30.3 Å². The molecule has 2 aliphatic heterocycles. The second kappa shape index (κ2) is 8.62. The van der Waals surface area contributed by atoms with Gasteiger partial charge < -0.3 is 10.5 Å². The monoisotopic (exact) mass is 456 g/mol. The Labute approximate surface area is 197 Å². The van der Waals surface area contributed by atoms with Gasteiger partial charge in [-0.25, -0.2) is 9.38 Å². The summed E-state index contributed by atoms with van der Waals surface area (Å²) < 4.78 is 18.9. The van der Waals surface area contributed by atoms with E-state index >= 15 is 0 Å². The van der Waals surface area contributed by atoms with Crippen LogP contribution in [0, 0.1) is 19.7 Å². The molecule has 0 fully saturated rings. The zero-order chi connectivity index (χ0) is 23.8. The molecule has 5 rings (SSSR count). The molecule has 0 atom stereocenters. The second-order valence-corrected chi connectivity index (χ2v) is 8.33. The van der Waals surface area contributed by atoms with Crippen LogP contribution in [0.1, 0.15) is 27.9 Å². The van der Waals surface area contributed by atoms with Crippen molar-refractivity contribution in [3.63, 3.8) is 0 Å². The van der Waals surface area contributed by atoms with Gasteiger partial charge >= 0.3 is 0 Å². The highest BCUT2D eigenvalue weighted by Crippen LogP contribution is 2.37. The number of pyridine rings is 1. The van der Waals surface area contributed by atoms with Gasteiger partial charge in [0.05, 0.1) is 36.8 Å². The van der Waals surface area contributed by atoms with Crippen LogP contribution in [-0.4, -0.2) is 40.5 Å². The van der Waals surface area contributed by atoms with Crippen molar-refractivity contribution >= 4 is 23.1 Å². The standard InChI is InChI=1S/C26H25FN6O/c1-16-11-19(12-17(2)24(16)34-3)22-23(18-7-5-4-6-8-18)30-26(28)33-15-32(31-25(22)33)14-21-10-9-20(27)13-29-21/h4-13H,14-15H2,1-3H3,(H2,28,30). The molecule has 8 heteroatoms. The van der Waals surface area contributed by atoms with E-state index < -0.39 is 0 Å². The van der Waals surface area contributed by atoms with Crippen molar-refractivity contribution in [3.05, 3.63) is 94.6 Å². The van der Waals surface area contributed by atoms with E-state index in [1.165, 1.54) is 12.3 Å². The van der Waals surface area contributed by atoms with Crippen molar-refractivity contribution < 1.29 is 9.13 Å². The molecule has 0 bridgehead atoms. The van der Waals surface area contributed by atoms with Gasteiger partial charge in [-0.3, -0.25) is 14.9 Å². The third-order valence-corrected chi connectivity index (χ3v) is 5.89. The maximum absolute atomic E-state index is 13.3. The largest absolute Gasteiger partial charge is 0.496 e. The highest BCUT2D eigenvalue weighted by atomic mass is 19.1. The first-order valence-corrected chi connectivity index (χ1v) is 11.0. The Morgan fingerprint density at radius 2 is 1.76 bits per heavy atom. The van der Waals surface area contributed by atoms with Crippen LogP contribution in [0.4, 0.5) is 4.39 Å². The fourth-order valence-corrected chi connectivity index (χ4v) is 4.41. The van der Waals surface area contributed by atoms with Crippen molar-refractivity contribution in [2.45, 2.75) is 20.4 Å². The van der Waals surface area contributed by atoms with E-state index in [-0.39, 0.29) is 5.82 Å². The van der Waals surface area contributed by atoms with Crippen LogP contribution in [0.3, 0.4) is 0 Å². The van der Waals surface area contributed by atoms with Gasteiger partial charge in [-0.05, 0) is 54.8 Å². The number of hydrogen-bond acceptors (Lipinski definition) is 7. The maximum Gasteiger partial charge on any atom is 0.203 e. The second-order valence-electron chi connectivity index (χ2n) is 8.33. The SMILES string of the molecule is COc1c(C)cc(C2=C(c3ccccc3)N=C(N)N3CN(Cc4ccc(F)cn4)N=C23)cc1C. The van der Waals surface area contributed by atoms with Gasteiger partial charge in [0.2, 0.25) is 5.96 Å². The number of ether oxygens (including phenoxy) is 1. The molecule has 7 nitrogen and oxygen atoms in total. The average Bonchev–Trinajstić information content (AvgIpc) is 3.25. The first-order valence-electron chi connectivity index (χ1n) is 11.0. The minimum Gasteiger partial charge on any atom is -0.496 e. The lowest BCUT2D eigenvalue weighted by molar-refractivity contribution is 0.260. The Bertz CT molecular complexity index is 1310. The third-order valence-electron chi connectivity index (χ3n) is 5.89. The Morgan fingerprint density at radius 3 is 2.41 bits per heavy atom. The van der Waals surface area contributed by atoms with E-state index in [0.29, 0.717) is 24.9 Å². The number of halogens is 1. The number of benzene rings is 2. The number of nitrogens with zero attached hydrogens (tertiary/aromatic N) is 5. The number of aliphatic imine (C=N–C) groups is 1. The molecule has 3 heterocycles. The van der Waals surface area contributed by atoms with Crippen molar-refractivity contribution in [3.8, 4) is 5.75 Å². The van der Waals surface area contributed by atoms with Crippen LogP contribution in [0.2, 0.25) is 0 Å². The molecule has 0 amide bonds. The van der Waals surface area contributed by atoms with Crippen LogP contribution in [0.5, 0.6) is 5.75 Å². The molecule has 0 aliphatic carbocycles. The molecule has 0 saturated carbocycles. The van der Waals surface area contributed by atoms with E-state index in [9.17, 15) is 4.39 Å². The normalized spacial score (nSPS) is 15.3. The van der Waals surface area contributed by atoms with Crippen LogP contribution in [-0.2, 0) is 6.54 Å². The first kappa shape index (κ1) is 21.6. The lowest BCUT2D eigenvalue weighted by Crippen LogP contribution is -2.44. The predicted molar refractivity (Wildman–Crippen MR) is 131 cm³/mol. The number of hydrazone groups is 1. The van der Waals surface area contributed by atoms with Crippen LogP contribution in [0.15, 0.2) is 70.9 Å². The number of methoxy groups -OCH3 is 1. The van der Waals surface area contributed by atoms with Crippen LogP contribution >= 0.6 is 0 Å². The Kier molecular flexibility index (Phi) is 5.49. The molecule has 0 unspecified atom stereocenters. The highest BCUT2D eigenvalue weighted by molar-refractivity contribution is 6.35. The molecule has 0 radical (unpaired) electrons. The number of aromatic nitrogens is 1. The molecule has 172 valence electrons.